The van der Waals surface area contributed by atoms with E-state index in [-0.39, 0.29) is 7.43 Å². The number of nitrogens with two attached hydrogens (primary N) is 1. The number of allylic oxidation sites excluding steroid dienone is 3. The number of rotatable bonds is 4. The van der Waals surface area contributed by atoms with E-state index in [4.69, 9.17) is 0 Å². The normalized spacial score (nSPS) is 40.5. The maximum atomic E-state index is 4.50. The SMILES string of the molecule is C.C=Cc1cc(C2=CCC3C2(C)CCC2C45CCC(N(C)C)CC4CCC325)ccc1/C=C\C.CN. The van der Waals surface area contributed by atoms with Crippen molar-refractivity contribution < 1.29 is 0 Å². The Labute approximate surface area is 215 Å². The minimum atomic E-state index is 0. The molecule has 0 amide bonds. The van der Waals surface area contributed by atoms with Gasteiger partial charge in [0.15, 0.2) is 0 Å². The Kier molecular flexibility index (Phi) is 7.05. The highest BCUT2D eigenvalue weighted by molar-refractivity contribution is 5.77. The van der Waals surface area contributed by atoms with Gasteiger partial charge < -0.3 is 10.6 Å². The van der Waals surface area contributed by atoms with E-state index >= 15 is 0 Å². The van der Waals surface area contributed by atoms with Crippen LogP contribution in [0.25, 0.3) is 17.7 Å². The van der Waals surface area contributed by atoms with Crippen LogP contribution in [-0.2, 0) is 0 Å². The Balaban J connectivity index is 0.000000940. The molecule has 7 atom stereocenters. The summed E-state index contributed by atoms with van der Waals surface area (Å²) in [7, 11) is 6.10. The van der Waals surface area contributed by atoms with Gasteiger partial charge in [-0.25, -0.2) is 0 Å². The van der Waals surface area contributed by atoms with Crippen LogP contribution in [-0.4, -0.2) is 32.1 Å². The fourth-order valence-corrected chi connectivity index (χ4v) is 10.1. The Bertz CT molecular complexity index is 1020. The summed E-state index contributed by atoms with van der Waals surface area (Å²) in [6.45, 7) is 8.84. The molecule has 0 bridgehead atoms. The molecular formula is C33H50N2. The van der Waals surface area contributed by atoms with Gasteiger partial charge in [0.1, 0.15) is 0 Å². The third kappa shape index (κ3) is 3.35. The molecule has 35 heavy (non-hydrogen) atoms. The molecule has 0 radical (unpaired) electrons. The van der Waals surface area contributed by atoms with Gasteiger partial charge in [-0.1, -0.05) is 57.4 Å². The summed E-state index contributed by atoms with van der Waals surface area (Å²) in [4.78, 5) is 2.51. The van der Waals surface area contributed by atoms with Crippen LogP contribution in [0.1, 0.15) is 89.3 Å². The zero-order chi connectivity index (χ0) is 24.3. The van der Waals surface area contributed by atoms with Crippen LogP contribution in [0, 0.1) is 34.0 Å². The highest BCUT2D eigenvalue weighted by Gasteiger charge is 2.85. The quantitative estimate of drug-likeness (QED) is 0.480. The van der Waals surface area contributed by atoms with Crippen molar-refractivity contribution >= 4 is 17.7 Å². The minimum absolute atomic E-state index is 0. The largest absolute Gasteiger partial charge is 0.333 e. The van der Waals surface area contributed by atoms with E-state index in [0.717, 1.165) is 23.8 Å². The molecule has 4 saturated carbocycles. The first kappa shape index (κ1) is 26.4. The molecule has 2 heteroatoms. The molecule has 2 N–H and O–H groups in total. The molecule has 192 valence electrons. The third-order valence-electron chi connectivity index (χ3n) is 11.3. The molecule has 2 nitrogen and oxygen atoms in total. The monoisotopic (exact) mass is 474 g/mol. The van der Waals surface area contributed by atoms with Crippen molar-refractivity contribution in [2.75, 3.05) is 21.1 Å². The summed E-state index contributed by atoms with van der Waals surface area (Å²) >= 11 is 0. The van der Waals surface area contributed by atoms with Crippen LogP contribution in [0.2, 0.25) is 0 Å². The average Bonchev–Trinajstić information content (AvgIpc) is 3.08. The average molecular weight is 475 g/mol. The molecule has 5 aliphatic rings. The van der Waals surface area contributed by atoms with Gasteiger partial charge in [0.05, 0.1) is 0 Å². The van der Waals surface area contributed by atoms with E-state index in [1.165, 1.54) is 75.1 Å². The Morgan fingerprint density at radius 2 is 1.74 bits per heavy atom. The summed E-state index contributed by atoms with van der Waals surface area (Å²) < 4.78 is 0. The molecule has 0 aromatic heterocycles. The van der Waals surface area contributed by atoms with Crippen LogP contribution in [0.15, 0.2) is 36.9 Å². The van der Waals surface area contributed by atoms with Gasteiger partial charge in [0, 0.05) is 6.04 Å². The van der Waals surface area contributed by atoms with Gasteiger partial charge in [-0.2, -0.15) is 0 Å². The molecule has 2 spiro atoms. The molecular weight excluding hydrogens is 424 g/mol. The van der Waals surface area contributed by atoms with Crippen LogP contribution >= 0.6 is 0 Å². The summed E-state index contributed by atoms with van der Waals surface area (Å²) in [5.41, 5.74) is 11.9. The fourth-order valence-electron chi connectivity index (χ4n) is 10.1. The van der Waals surface area contributed by atoms with Crippen molar-refractivity contribution in [1.82, 2.24) is 4.90 Å². The highest BCUT2D eigenvalue weighted by atomic mass is 15.1. The summed E-state index contributed by atoms with van der Waals surface area (Å²) in [5.74, 6) is 2.89. The summed E-state index contributed by atoms with van der Waals surface area (Å²) in [6, 6.07) is 7.92. The van der Waals surface area contributed by atoms with Crippen LogP contribution in [0.5, 0.6) is 0 Å². The number of hydrogen-bond acceptors (Lipinski definition) is 2. The standard InChI is InChI=1S/C31H41N.CH5N.CH4/c1-6-8-22-9-10-23(19-21(22)7-2)26-11-12-27-29(26,3)16-15-28-30-18-14-25(32(4)5)20-24(30)13-17-31(27,28)30;1-2;/h6-11,19,24-25,27-28H,2,12-18,20H2,1,3-5H3;2H2,1H3;1H4/b8-6-;;. The van der Waals surface area contributed by atoms with Crippen molar-refractivity contribution in [3.05, 3.63) is 53.6 Å². The minimum Gasteiger partial charge on any atom is -0.333 e. The van der Waals surface area contributed by atoms with Gasteiger partial charge in [0.25, 0.3) is 0 Å². The molecule has 1 aromatic carbocycles. The van der Waals surface area contributed by atoms with Crippen molar-refractivity contribution in [3.8, 4) is 0 Å². The zero-order valence-corrected chi connectivity index (χ0v) is 22.2. The van der Waals surface area contributed by atoms with Gasteiger partial charge in [0.2, 0.25) is 0 Å². The van der Waals surface area contributed by atoms with E-state index < -0.39 is 0 Å². The first-order valence-corrected chi connectivity index (χ1v) is 13.8. The molecule has 1 aromatic rings. The van der Waals surface area contributed by atoms with Gasteiger partial charge in [-0.3, -0.25) is 0 Å². The number of hydrogen-bond donors (Lipinski definition) is 1. The first-order chi connectivity index (χ1) is 16.4. The maximum Gasteiger partial charge on any atom is 0.00922 e. The molecule has 0 saturated heterocycles. The topological polar surface area (TPSA) is 29.3 Å². The van der Waals surface area contributed by atoms with E-state index in [9.17, 15) is 0 Å². The lowest BCUT2D eigenvalue weighted by Gasteiger charge is -2.44. The van der Waals surface area contributed by atoms with Gasteiger partial charge in [-0.05, 0) is 142 Å². The van der Waals surface area contributed by atoms with Crippen LogP contribution < -0.4 is 5.73 Å². The van der Waals surface area contributed by atoms with Crippen molar-refractivity contribution in [3.63, 3.8) is 0 Å². The number of benzene rings is 1. The third-order valence-corrected chi connectivity index (χ3v) is 11.3. The predicted octanol–water partition coefficient (Wildman–Crippen LogP) is 7.90. The lowest BCUT2D eigenvalue weighted by molar-refractivity contribution is 0.0846. The Morgan fingerprint density at radius 3 is 2.43 bits per heavy atom. The van der Waals surface area contributed by atoms with E-state index in [1.54, 1.807) is 5.57 Å². The summed E-state index contributed by atoms with van der Waals surface area (Å²) in [6.07, 6.45) is 20.6. The predicted molar refractivity (Wildman–Crippen MR) is 154 cm³/mol. The molecule has 7 unspecified atom stereocenters. The molecule has 6 rings (SSSR count). The van der Waals surface area contributed by atoms with E-state index in [1.807, 2.05) is 6.08 Å². The van der Waals surface area contributed by atoms with E-state index in [2.05, 4.69) is 81.6 Å². The molecule has 5 aliphatic carbocycles. The number of nitrogens with zero attached hydrogens (tertiary/aromatic N) is 1. The van der Waals surface area contributed by atoms with Crippen molar-refractivity contribution in [2.24, 2.45) is 39.7 Å². The zero-order valence-electron chi connectivity index (χ0n) is 22.2. The fraction of sp³-hybridized carbons (Fsp3) is 0.636. The van der Waals surface area contributed by atoms with Gasteiger partial charge in [-0.15, -0.1) is 0 Å². The highest BCUT2D eigenvalue weighted by Crippen LogP contribution is 2.91. The lowest BCUT2D eigenvalue weighted by Crippen LogP contribution is -2.39. The van der Waals surface area contributed by atoms with Crippen molar-refractivity contribution in [1.29, 1.82) is 0 Å². The second-order valence-electron chi connectivity index (χ2n) is 12.2. The van der Waals surface area contributed by atoms with E-state index in [0.29, 0.717) is 16.2 Å². The molecule has 4 fully saturated rings. The van der Waals surface area contributed by atoms with Gasteiger partial charge >= 0.3 is 0 Å². The lowest BCUT2D eigenvalue weighted by atomic mass is 9.59. The van der Waals surface area contributed by atoms with Crippen LogP contribution in [0.3, 0.4) is 0 Å². The smallest absolute Gasteiger partial charge is 0.00922 e. The molecule has 0 aliphatic heterocycles. The Hall–Kier alpha value is -1.64. The Morgan fingerprint density at radius 1 is 1.00 bits per heavy atom. The first-order valence-electron chi connectivity index (χ1n) is 13.8. The maximum absolute atomic E-state index is 4.50. The number of fused-ring (bicyclic) bond motifs is 1. The second-order valence-corrected chi connectivity index (χ2v) is 12.2. The van der Waals surface area contributed by atoms with Crippen LogP contribution in [0.4, 0.5) is 0 Å². The summed E-state index contributed by atoms with van der Waals surface area (Å²) in [5, 5.41) is 0. The second kappa shape index (κ2) is 9.34. The molecule has 0 heterocycles. The van der Waals surface area contributed by atoms with Crippen molar-refractivity contribution in [2.45, 2.75) is 78.7 Å².